The number of aromatic nitrogens is 1. The van der Waals surface area contributed by atoms with Crippen LogP contribution in [-0.4, -0.2) is 10.3 Å². The third-order valence-corrected chi connectivity index (χ3v) is 3.07. The van der Waals surface area contributed by atoms with Gasteiger partial charge in [0.15, 0.2) is 0 Å². The average Bonchev–Trinajstić information content (AvgIpc) is 2.73. The van der Waals surface area contributed by atoms with Crippen LogP contribution in [0.15, 0.2) is 10.6 Å². The van der Waals surface area contributed by atoms with E-state index in [4.69, 9.17) is 9.63 Å². The minimum Gasteiger partial charge on any atom is -0.491 e. The van der Waals surface area contributed by atoms with E-state index in [1.54, 1.807) is 6.07 Å². The third-order valence-electron chi connectivity index (χ3n) is 3.07. The van der Waals surface area contributed by atoms with E-state index in [1.165, 1.54) is 51.4 Å². The summed E-state index contributed by atoms with van der Waals surface area (Å²) in [6.07, 6.45) is 12.8. The van der Waals surface area contributed by atoms with Gasteiger partial charge < -0.3 is 9.63 Å². The van der Waals surface area contributed by atoms with Gasteiger partial charge in [0.1, 0.15) is 5.76 Å². The van der Waals surface area contributed by atoms with Crippen LogP contribution in [0.25, 0.3) is 0 Å². The molecule has 0 bridgehead atoms. The van der Waals surface area contributed by atoms with E-state index in [9.17, 15) is 0 Å². The van der Waals surface area contributed by atoms with Gasteiger partial charge in [0.05, 0.1) is 0 Å². The molecule has 0 saturated heterocycles. The van der Waals surface area contributed by atoms with E-state index in [-0.39, 0.29) is 5.88 Å². The molecule has 0 radical (unpaired) electrons. The molecule has 0 fully saturated rings. The van der Waals surface area contributed by atoms with Gasteiger partial charge in [-0.2, -0.15) is 0 Å². The Morgan fingerprint density at radius 1 is 1.00 bits per heavy atom. The van der Waals surface area contributed by atoms with Crippen molar-refractivity contribution in [1.29, 1.82) is 0 Å². The second-order valence-corrected chi connectivity index (χ2v) is 4.73. The van der Waals surface area contributed by atoms with Crippen molar-refractivity contribution in [3.05, 3.63) is 11.8 Å². The molecular weight excluding hydrogens is 214 g/mol. The van der Waals surface area contributed by atoms with Gasteiger partial charge >= 0.3 is 0 Å². The van der Waals surface area contributed by atoms with E-state index in [0.29, 0.717) is 0 Å². The van der Waals surface area contributed by atoms with Gasteiger partial charge in [0.2, 0.25) is 0 Å². The highest BCUT2D eigenvalue weighted by Gasteiger charge is 2.01. The molecule has 17 heavy (non-hydrogen) atoms. The molecule has 0 saturated carbocycles. The predicted octanol–water partition coefficient (Wildman–Crippen LogP) is 4.45. The minimum absolute atomic E-state index is 0.00377. The largest absolute Gasteiger partial charge is 0.491 e. The van der Waals surface area contributed by atoms with Crippen LogP contribution in [0.3, 0.4) is 0 Å². The van der Waals surface area contributed by atoms with Crippen LogP contribution in [0.5, 0.6) is 5.88 Å². The van der Waals surface area contributed by atoms with Crippen LogP contribution in [0.1, 0.15) is 70.5 Å². The molecule has 0 atom stereocenters. The lowest BCUT2D eigenvalue weighted by atomic mass is 10.1. The third kappa shape index (κ3) is 7.03. The summed E-state index contributed by atoms with van der Waals surface area (Å²) in [5, 5.41) is 12.4. The smallest absolute Gasteiger partial charge is 0.251 e. The maximum absolute atomic E-state index is 8.99. The zero-order chi connectivity index (χ0) is 12.3. The van der Waals surface area contributed by atoms with Crippen molar-refractivity contribution in [3.8, 4) is 5.88 Å². The number of unbranched alkanes of at least 4 members (excludes halogenated alkanes) is 8. The van der Waals surface area contributed by atoms with Gasteiger partial charge in [0.25, 0.3) is 5.88 Å². The molecule has 0 aliphatic heterocycles. The number of hydrogen-bond donors (Lipinski definition) is 1. The highest BCUT2D eigenvalue weighted by atomic mass is 16.5. The van der Waals surface area contributed by atoms with Crippen molar-refractivity contribution < 1.29 is 9.63 Å². The summed E-state index contributed by atoms with van der Waals surface area (Å²) in [5.41, 5.74) is 0. The quantitative estimate of drug-likeness (QED) is 0.613. The highest BCUT2D eigenvalue weighted by molar-refractivity contribution is 5.08. The van der Waals surface area contributed by atoms with E-state index in [0.717, 1.165) is 18.6 Å². The fraction of sp³-hybridized carbons (Fsp3) is 0.786. The summed E-state index contributed by atoms with van der Waals surface area (Å²) in [6.45, 7) is 2.25. The van der Waals surface area contributed by atoms with Crippen LogP contribution in [0.2, 0.25) is 0 Å². The molecule has 98 valence electrons. The number of hydrogen-bond acceptors (Lipinski definition) is 3. The molecule has 1 rings (SSSR count). The Bertz CT molecular complexity index is 284. The van der Waals surface area contributed by atoms with Gasteiger partial charge in [-0.3, -0.25) is 0 Å². The van der Waals surface area contributed by atoms with Crippen LogP contribution >= 0.6 is 0 Å². The Morgan fingerprint density at radius 3 is 2.12 bits per heavy atom. The average molecular weight is 239 g/mol. The fourth-order valence-electron chi connectivity index (χ4n) is 2.03. The van der Waals surface area contributed by atoms with Crippen LogP contribution in [-0.2, 0) is 6.42 Å². The maximum Gasteiger partial charge on any atom is 0.251 e. The molecule has 0 spiro atoms. The molecular formula is C14H25NO2. The summed E-state index contributed by atoms with van der Waals surface area (Å²) in [5.74, 6) is 0.793. The molecule has 1 aromatic heterocycles. The lowest BCUT2D eigenvalue weighted by Crippen LogP contribution is -1.84. The first-order valence-corrected chi connectivity index (χ1v) is 6.97. The fourth-order valence-corrected chi connectivity index (χ4v) is 2.03. The number of aryl methyl sites for hydroxylation is 1. The Balaban J connectivity index is 1.84. The van der Waals surface area contributed by atoms with Crippen LogP contribution in [0.4, 0.5) is 0 Å². The molecule has 0 aliphatic rings. The van der Waals surface area contributed by atoms with E-state index >= 15 is 0 Å². The van der Waals surface area contributed by atoms with Crippen molar-refractivity contribution in [3.63, 3.8) is 0 Å². The topological polar surface area (TPSA) is 46.3 Å². The summed E-state index contributed by atoms with van der Waals surface area (Å²) in [7, 11) is 0. The molecule has 3 nitrogen and oxygen atoms in total. The maximum atomic E-state index is 8.99. The summed E-state index contributed by atoms with van der Waals surface area (Å²) >= 11 is 0. The number of nitrogens with zero attached hydrogens (tertiary/aromatic N) is 1. The van der Waals surface area contributed by atoms with E-state index in [2.05, 4.69) is 12.1 Å². The lowest BCUT2D eigenvalue weighted by Gasteiger charge is -2.00. The second kappa shape index (κ2) is 9.08. The number of aromatic hydroxyl groups is 1. The van der Waals surface area contributed by atoms with E-state index in [1.807, 2.05) is 0 Å². The molecule has 0 amide bonds. The summed E-state index contributed by atoms with van der Waals surface area (Å²) in [4.78, 5) is 0. The lowest BCUT2D eigenvalue weighted by molar-refractivity contribution is 0.339. The molecule has 0 unspecified atom stereocenters. The zero-order valence-electron chi connectivity index (χ0n) is 11.0. The normalized spacial score (nSPS) is 10.9. The van der Waals surface area contributed by atoms with Crippen LogP contribution < -0.4 is 0 Å². The highest BCUT2D eigenvalue weighted by Crippen LogP contribution is 2.14. The zero-order valence-corrected chi connectivity index (χ0v) is 11.0. The molecule has 1 heterocycles. The molecule has 1 N–H and O–H groups in total. The predicted molar refractivity (Wildman–Crippen MR) is 69.1 cm³/mol. The Hall–Kier alpha value is -0.990. The first-order valence-electron chi connectivity index (χ1n) is 6.97. The summed E-state index contributed by atoms with van der Waals surface area (Å²) < 4.78 is 4.94. The van der Waals surface area contributed by atoms with E-state index < -0.39 is 0 Å². The Labute approximate surface area is 104 Å². The monoisotopic (exact) mass is 239 g/mol. The molecule has 0 aromatic carbocycles. The first kappa shape index (κ1) is 14.1. The standard InChI is InChI=1S/C14H25NO2/c1-2-3-4-5-6-7-8-9-10-11-13-12-14(16)15-17-13/h12H,2-11H2,1H3,(H,15,16). The second-order valence-electron chi connectivity index (χ2n) is 4.73. The van der Waals surface area contributed by atoms with Crippen molar-refractivity contribution >= 4 is 0 Å². The molecule has 0 aliphatic carbocycles. The first-order chi connectivity index (χ1) is 8.33. The molecule has 1 aromatic rings. The van der Waals surface area contributed by atoms with Gasteiger partial charge in [-0.05, 0) is 11.6 Å². The minimum atomic E-state index is -0.00377. The van der Waals surface area contributed by atoms with Crippen molar-refractivity contribution in [2.45, 2.75) is 71.1 Å². The van der Waals surface area contributed by atoms with Crippen molar-refractivity contribution in [2.24, 2.45) is 0 Å². The van der Waals surface area contributed by atoms with Gasteiger partial charge in [-0.1, -0.05) is 58.3 Å². The summed E-state index contributed by atoms with van der Waals surface area (Å²) in [6, 6.07) is 1.60. The van der Waals surface area contributed by atoms with Crippen molar-refractivity contribution in [2.75, 3.05) is 0 Å². The Kier molecular flexibility index (Phi) is 7.52. The number of rotatable bonds is 10. The van der Waals surface area contributed by atoms with Gasteiger partial charge in [0, 0.05) is 12.5 Å². The van der Waals surface area contributed by atoms with Gasteiger partial charge in [-0.15, -0.1) is 0 Å². The molecule has 3 heteroatoms. The Morgan fingerprint density at radius 2 is 1.59 bits per heavy atom. The van der Waals surface area contributed by atoms with Crippen molar-refractivity contribution in [1.82, 2.24) is 5.16 Å². The van der Waals surface area contributed by atoms with Gasteiger partial charge in [-0.25, -0.2) is 0 Å². The van der Waals surface area contributed by atoms with Crippen LogP contribution in [0, 0.1) is 0 Å². The SMILES string of the molecule is CCCCCCCCCCCc1cc(O)no1.